The number of ether oxygens (including phenoxy) is 1. The molecule has 1 amide bonds. The average molecular weight is 561 g/mol. The van der Waals surface area contributed by atoms with E-state index in [0.717, 1.165) is 28.0 Å². The summed E-state index contributed by atoms with van der Waals surface area (Å²) in [7, 11) is 1.57. The maximum absolute atomic E-state index is 14.8. The number of thiophene rings is 1. The number of hydrogen-bond donors (Lipinski definition) is 1. The molecule has 7 rings (SSSR count). The quantitative estimate of drug-likeness (QED) is 0.290. The second-order valence-electron chi connectivity index (χ2n) is 10.9. The first-order chi connectivity index (χ1) is 19.9. The normalized spacial score (nSPS) is 23.9. The number of rotatable bonds is 5. The Morgan fingerprint density at radius 2 is 1.73 bits per heavy atom. The topological polar surface area (TPSA) is 75.7 Å². The molecule has 1 saturated heterocycles. The molecule has 4 aromatic rings. The van der Waals surface area contributed by atoms with Crippen molar-refractivity contribution in [2.24, 2.45) is 5.92 Å². The van der Waals surface area contributed by atoms with Crippen molar-refractivity contribution in [3.8, 4) is 5.75 Å². The number of amides is 1. The summed E-state index contributed by atoms with van der Waals surface area (Å²) >= 11 is 1.35. The minimum absolute atomic E-state index is 0.162. The number of para-hydroxylation sites is 1. The lowest BCUT2D eigenvalue weighted by Crippen LogP contribution is -2.51. The molecule has 1 spiro atoms. The number of carbonyl (C=O) groups excluding carboxylic acids is 3. The van der Waals surface area contributed by atoms with Crippen molar-refractivity contribution in [1.82, 2.24) is 0 Å². The Labute approximate surface area is 242 Å². The van der Waals surface area contributed by atoms with Gasteiger partial charge in [-0.25, -0.2) is 0 Å². The zero-order valence-corrected chi connectivity index (χ0v) is 23.7. The van der Waals surface area contributed by atoms with Gasteiger partial charge in [-0.3, -0.25) is 14.4 Å². The maximum atomic E-state index is 14.8. The molecule has 7 heteroatoms. The van der Waals surface area contributed by atoms with E-state index in [0.29, 0.717) is 21.9 Å². The van der Waals surface area contributed by atoms with E-state index >= 15 is 0 Å². The lowest BCUT2D eigenvalue weighted by atomic mass is 9.64. The van der Waals surface area contributed by atoms with Crippen LogP contribution in [0.1, 0.15) is 43.6 Å². The van der Waals surface area contributed by atoms with Gasteiger partial charge in [0.25, 0.3) is 0 Å². The lowest BCUT2D eigenvalue weighted by Gasteiger charge is -2.39. The van der Waals surface area contributed by atoms with Crippen LogP contribution >= 0.6 is 11.3 Å². The van der Waals surface area contributed by atoms with Crippen molar-refractivity contribution >= 4 is 45.8 Å². The van der Waals surface area contributed by atoms with Gasteiger partial charge in [-0.2, -0.15) is 0 Å². The van der Waals surface area contributed by atoms with Crippen LogP contribution in [0.4, 0.5) is 11.4 Å². The number of anilines is 2. The van der Waals surface area contributed by atoms with E-state index in [1.165, 1.54) is 11.3 Å². The predicted molar refractivity (Wildman–Crippen MR) is 161 cm³/mol. The summed E-state index contributed by atoms with van der Waals surface area (Å²) in [6, 6.07) is 22.8. The van der Waals surface area contributed by atoms with Crippen molar-refractivity contribution in [2.75, 3.05) is 17.3 Å². The molecule has 0 bridgehead atoms. The van der Waals surface area contributed by atoms with Crippen LogP contribution in [0.2, 0.25) is 0 Å². The molecule has 3 aliphatic heterocycles. The third-order valence-corrected chi connectivity index (χ3v) is 9.71. The number of nitrogens with zero attached hydrogens (tertiary/aromatic N) is 1. The van der Waals surface area contributed by atoms with Crippen LogP contribution in [0.3, 0.4) is 0 Å². The van der Waals surface area contributed by atoms with Gasteiger partial charge in [0, 0.05) is 22.5 Å². The van der Waals surface area contributed by atoms with Crippen LogP contribution in [0.15, 0.2) is 90.3 Å². The van der Waals surface area contributed by atoms with Crippen molar-refractivity contribution in [1.29, 1.82) is 0 Å². The minimum Gasteiger partial charge on any atom is -0.497 e. The van der Waals surface area contributed by atoms with Crippen LogP contribution in [0, 0.1) is 12.8 Å². The number of ketones is 2. The highest BCUT2D eigenvalue weighted by Gasteiger charge is 2.70. The van der Waals surface area contributed by atoms with Gasteiger partial charge in [0.2, 0.25) is 5.91 Å². The Morgan fingerprint density at radius 3 is 2.46 bits per heavy atom. The maximum Gasteiger partial charge on any atom is 0.238 e. The fourth-order valence-corrected chi connectivity index (χ4v) is 7.74. The summed E-state index contributed by atoms with van der Waals surface area (Å²) in [6.45, 7) is 4.08. The van der Waals surface area contributed by atoms with Gasteiger partial charge in [-0.15, -0.1) is 11.3 Å². The number of nitrogens with one attached hydrogen (secondary N) is 1. The molecule has 0 saturated carbocycles. The van der Waals surface area contributed by atoms with Crippen molar-refractivity contribution in [3.63, 3.8) is 0 Å². The number of aryl methyl sites for hydroxylation is 1. The van der Waals surface area contributed by atoms with Gasteiger partial charge in [-0.1, -0.05) is 42.0 Å². The van der Waals surface area contributed by atoms with Crippen molar-refractivity contribution in [2.45, 2.75) is 31.3 Å². The van der Waals surface area contributed by atoms with E-state index in [4.69, 9.17) is 4.74 Å². The number of carbonyl (C=O) groups is 3. The molecular weight excluding hydrogens is 532 g/mol. The molecular formula is C34H28N2O4S. The van der Waals surface area contributed by atoms with Crippen LogP contribution in [0.5, 0.6) is 5.75 Å². The van der Waals surface area contributed by atoms with Crippen LogP contribution < -0.4 is 15.0 Å². The van der Waals surface area contributed by atoms with Crippen LogP contribution in [-0.2, 0) is 10.2 Å². The highest BCUT2D eigenvalue weighted by Crippen LogP contribution is 2.59. The number of Topliss-reactive ketones (excluding diaryl/α,β-unsaturated/α-hetero) is 2. The molecule has 204 valence electrons. The van der Waals surface area contributed by atoms with E-state index in [-0.39, 0.29) is 17.5 Å². The largest absolute Gasteiger partial charge is 0.497 e. The van der Waals surface area contributed by atoms with Gasteiger partial charge in [0.05, 0.1) is 23.9 Å². The summed E-state index contributed by atoms with van der Waals surface area (Å²) < 4.78 is 5.33. The highest BCUT2D eigenvalue weighted by atomic mass is 32.1. The molecule has 6 nitrogen and oxygen atoms in total. The fraction of sp³-hybridized carbons (Fsp3) is 0.206. The second-order valence-corrected chi connectivity index (χ2v) is 11.9. The Balaban J connectivity index is 1.54. The van der Waals surface area contributed by atoms with E-state index < -0.39 is 23.4 Å². The summed E-state index contributed by atoms with van der Waals surface area (Å²) in [6.07, 6.45) is 2.08. The summed E-state index contributed by atoms with van der Waals surface area (Å²) in [5, 5.41) is 4.95. The molecule has 3 aromatic carbocycles. The molecule has 1 fully saturated rings. The zero-order chi connectivity index (χ0) is 28.5. The molecule has 41 heavy (non-hydrogen) atoms. The first-order valence-corrected chi connectivity index (χ1v) is 14.5. The van der Waals surface area contributed by atoms with Gasteiger partial charge in [0.1, 0.15) is 17.2 Å². The van der Waals surface area contributed by atoms with E-state index in [1.54, 1.807) is 37.4 Å². The van der Waals surface area contributed by atoms with Gasteiger partial charge < -0.3 is 15.0 Å². The predicted octanol–water partition coefficient (Wildman–Crippen LogP) is 6.31. The minimum atomic E-state index is -1.32. The second kappa shape index (κ2) is 9.28. The van der Waals surface area contributed by atoms with Gasteiger partial charge in [-0.05, 0) is 78.9 Å². The molecule has 0 radical (unpaired) electrons. The van der Waals surface area contributed by atoms with Crippen LogP contribution in [0.25, 0.3) is 5.57 Å². The third kappa shape index (κ3) is 3.51. The number of fused-ring (bicyclic) bond motifs is 6. The zero-order valence-electron chi connectivity index (χ0n) is 22.9. The van der Waals surface area contributed by atoms with E-state index in [2.05, 4.69) is 22.4 Å². The van der Waals surface area contributed by atoms with Gasteiger partial charge in [0.15, 0.2) is 11.6 Å². The first-order valence-electron chi connectivity index (χ1n) is 13.6. The average Bonchev–Trinajstić information content (AvgIpc) is 3.70. The SMILES string of the molecule is COc1ccc(C(=O)[C@@H]2[C@H](C(=O)c3cccs3)N3c4ccc(C)cc4C(C)=C[C@H]3[C@@]23C(=O)Nc2ccccc23)cc1. The Kier molecular flexibility index (Phi) is 5.77. The number of methoxy groups -OCH3 is 1. The number of hydrogen-bond acceptors (Lipinski definition) is 6. The molecule has 0 unspecified atom stereocenters. The highest BCUT2D eigenvalue weighted by molar-refractivity contribution is 7.12. The number of benzene rings is 3. The van der Waals surface area contributed by atoms with Gasteiger partial charge >= 0.3 is 0 Å². The Morgan fingerprint density at radius 1 is 0.951 bits per heavy atom. The van der Waals surface area contributed by atoms with Crippen molar-refractivity contribution < 1.29 is 19.1 Å². The summed E-state index contributed by atoms with van der Waals surface area (Å²) in [5.74, 6) is -1.04. The standard InChI is InChI=1S/C34H28N2O4S/c1-19-10-15-26-23(17-19)20(2)18-28-34(24-7-4-5-8-25(24)35-33(34)39)29(31(37)21-11-13-22(40-3)14-12-21)30(36(26)28)32(38)27-9-6-16-41-27/h4-18,28-30H,1-3H3,(H,35,39)/t28-,29-,30+,34+/m0/s1. The van der Waals surface area contributed by atoms with Crippen LogP contribution in [-0.4, -0.2) is 36.7 Å². The lowest BCUT2D eigenvalue weighted by molar-refractivity contribution is -0.121. The summed E-state index contributed by atoms with van der Waals surface area (Å²) in [4.78, 5) is 46.4. The molecule has 1 aromatic heterocycles. The molecule has 0 aliphatic carbocycles. The summed E-state index contributed by atoms with van der Waals surface area (Å²) in [5.41, 5.74) is 4.50. The Bertz CT molecular complexity index is 1760. The molecule has 4 atom stereocenters. The first kappa shape index (κ1) is 25.5. The third-order valence-electron chi connectivity index (χ3n) is 8.82. The molecule has 1 N–H and O–H groups in total. The smallest absolute Gasteiger partial charge is 0.238 e. The van der Waals surface area contributed by atoms with E-state index in [1.807, 2.05) is 61.7 Å². The molecule has 3 aliphatic rings. The van der Waals surface area contributed by atoms with Crippen molar-refractivity contribution in [3.05, 3.63) is 117 Å². The van der Waals surface area contributed by atoms with E-state index in [9.17, 15) is 14.4 Å². The Hall–Kier alpha value is -4.49. The molecule has 4 heterocycles. The fourth-order valence-electron chi connectivity index (χ4n) is 7.05. The monoisotopic (exact) mass is 560 g/mol. The number of allylic oxidation sites excluding steroid dienone is 1.